The third kappa shape index (κ3) is 8.03. The van der Waals surface area contributed by atoms with Crippen LogP contribution < -0.4 is 10.6 Å². The van der Waals surface area contributed by atoms with Gasteiger partial charge in [0.15, 0.2) is 0 Å². The lowest BCUT2D eigenvalue weighted by Crippen LogP contribution is -2.44. The summed E-state index contributed by atoms with van der Waals surface area (Å²) in [7, 11) is 0. The lowest BCUT2D eigenvalue weighted by molar-refractivity contribution is -0.137. The number of aliphatic carboxylic acids is 1. The van der Waals surface area contributed by atoms with Crippen molar-refractivity contribution in [3.05, 3.63) is 35.9 Å². The lowest BCUT2D eigenvalue weighted by Gasteiger charge is -2.23. The average molecular weight is 348 g/mol. The van der Waals surface area contributed by atoms with Gasteiger partial charge in [0.05, 0.1) is 6.10 Å². The third-order valence-electron chi connectivity index (χ3n) is 4.39. The number of carboxylic acid groups (broad SMARTS) is 1. The maximum absolute atomic E-state index is 12.1. The van der Waals surface area contributed by atoms with Gasteiger partial charge in [-0.1, -0.05) is 30.3 Å². The Labute approximate surface area is 149 Å². The molecule has 3 N–H and O–H groups in total. The quantitative estimate of drug-likeness (QED) is 0.640. The van der Waals surface area contributed by atoms with E-state index in [4.69, 9.17) is 9.84 Å². The smallest absolute Gasteiger partial charge is 0.315 e. The predicted octanol–water partition coefficient (Wildman–Crippen LogP) is 2.72. The van der Waals surface area contributed by atoms with Gasteiger partial charge in [-0.25, -0.2) is 4.79 Å². The van der Waals surface area contributed by atoms with Crippen LogP contribution >= 0.6 is 0 Å². The largest absolute Gasteiger partial charge is 0.481 e. The van der Waals surface area contributed by atoms with E-state index < -0.39 is 5.97 Å². The van der Waals surface area contributed by atoms with Crippen LogP contribution in [0.1, 0.15) is 44.1 Å². The molecule has 138 valence electrons. The van der Waals surface area contributed by atoms with E-state index in [0.29, 0.717) is 19.4 Å². The van der Waals surface area contributed by atoms with Gasteiger partial charge in [0, 0.05) is 25.6 Å². The molecule has 2 unspecified atom stereocenters. The molecule has 1 aliphatic heterocycles. The number of hydrogen-bond acceptors (Lipinski definition) is 3. The second-order valence-corrected chi connectivity index (χ2v) is 6.50. The number of rotatable bonds is 9. The van der Waals surface area contributed by atoms with Gasteiger partial charge in [-0.05, 0) is 44.1 Å². The molecule has 1 aliphatic rings. The summed E-state index contributed by atoms with van der Waals surface area (Å²) in [5.74, 6) is -0.852. The molecule has 0 aromatic heterocycles. The number of carbonyl (C=O) groups is 2. The molecule has 25 heavy (non-hydrogen) atoms. The second-order valence-electron chi connectivity index (χ2n) is 6.50. The van der Waals surface area contributed by atoms with E-state index in [1.54, 1.807) is 0 Å². The fourth-order valence-corrected chi connectivity index (χ4v) is 3.04. The van der Waals surface area contributed by atoms with Gasteiger partial charge >= 0.3 is 12.0 Å². The first-order chi connectivity index (χ1) is 12.1. The van der Waals surface area contributed by atoms with Crippen molar-refractivity contribution < 1.29 is 19.4 Å². The Morgan fingerprint density at radius 1 is 1.24 bits per heavy atom. The van der Waals surface area contributed by atoms with Crippen LogP contribution in [-0.2, 0) is 16.0 Å². The summed E-state index contributed by atoms with van der Waals surface area (Å²) in [6.07, 6.45) is 5.47. The maximum atomic E-state index is 12.1. The SMILES string of the molecule is O=C(O)CCC(Cc1ccccc1)NC(=O)NCCC1CCCCO1. The third-order valence-corrected chi connectivity index (χ3v) is 4.39. The van der Waals surface area contributed by atoms with Gasteiger partial charge in [0.2, 0.25) is 0 Å². The number of ether oxygens (including phenoxy) is 1. The molecule has 1 saturated heterocycles. The molecule has 0 saturated carbocycles. The summed E-state index contributed by atoms with van der Waals surface area (Å²) in [6.45, 7) is 1.37. The minimum Gasteiger partial charge on any atom is -0.481 e. The number of carboxylic acids is 1. The molecule has 0 spiro atoms. The van der Waals surface area contributed by atoms with E-state index in [1.165, 1.54) is 6.42 Å². The zero-order chi connectivity index (χ0) is 17.9. The fourth-order valence-electron chi connectivity index (χ4n) is 3.04. The number of benzene rings is 1. The molecule has 1 fully saturated rings. The number of amides is 2. The van der Waals surface area contributed by atoms with E-state index in [0.717, 1.165) is 31.4 Å². The first-order valence-electron chi connectivity index (χ1n) is 9.05. The molecule has 0 aliphatic carbocycles. The Bertz CT molecular complexity index is 529. The standard InChI is InChI=1S/C19H28N2O4/c22-18(23)10-9-16(14-15-6-2-1-3-7-15)21-19(24)20-12-11-17-8-4-5-13-25-17/h1-3,6-7,16-17H,4-5,8-14H2,(H,22,23)(H2,20,21,24). The second kappa shape index (κ2) is 10.7. The highest BCUT2D eigenvalue weighted by atomic mass is 16.5. The van der Waals surface area contributed by atoms with Gasteiger partial charge in [-0.2, -0.15) is 0 Å². The first-order valence-corrected chi connectivity index (χ1v) is 9.05. The van der Waals surface area contributed by atoms with Crippen LogP contribution in [0.2, 0.25) is 0 Å². The van der Waals surface area contributed by atoms with Crippen molar-refractivity contribution in [1.29, 1.82) is 0 Å². The zero-order valence-corrected chi connectivity index (χ0v) is 14.6. The number of urea groups is 1. The molecule has 1 aromatic rings. The summed E-state index contributed by atoms with van der Waals surface area (Å²) in [6, 6.07) is 9.32. The van der Waals surface area contributed by atoms with Crippen LogP contribution in [0.25, 0.3) is 0 Å². The van der Waals surface area contributed by atoms with Crippen LogP contribution in [0.5, 0.6) is 0 Å². The minimum absolute atomic E-state index is 0.0354. The summed E-state index contributed by atoms with van der Waals surface area (Å²) in [5.41, 5.74) is 1.08. The molecule has 6 nitrogen and oxygen atoms in total. The Kier molecular flexibility index (Phi) is 8.25. The Balaban J connectivity index is 1.75. The highest BCUT2D eigenvalue weighted by Crippen LogP contribution is 2.14. The van der Waals surface area contributed by atoms with E-state index in [9.17, 15) is 9.59 Å². The number of hydrogen-bond donors (Lipinski definition) is 3. The number of nitrogens with one attached hydrogen (secondary N) is 2. The van der Waals surface area contributed by atoms with Crippen molar-refractivity contribution in [3.8, 4) is 0 Å². The van der Waals surface area contributed by atoms with Crippen molar-refractivity contribution in [1.82, 2.24) is 10.6 Å². The van der Waals surface area contributed by atoms with Crippen molar-refractivity contribution >= 4 is 12.0 Å². The van der Waals surface area contributed by atoms with Crippen LogP contribution in [-0.4, -0.2) is 42.4 Å². The summed E-state index contributed by atoms with van der Waals surface area (Å²) < 4.78 is 5.65. The lowest BCUT2D eigenvalue weighted by atomic mass is 10.0. The molecule has 2 rings (SSSR count). The molecular formula is C19H28N2O4. The van der Waals surface area contributed by atoms with Gasteiger partial charge in [0.1, 0.15) is 0 Å². The Morgan fingerprint density at radius 3 is 2.72 bits per heavy atom. The molecule has 0 radical (unpaired) electrons. The average Bonchev–Trinajstić information content (AvgIpc) is 2.61. The highest BCUT2D eigenvalue weighted by molar-refractivity contribution is 5.74. The summed E-state index contributed by atoms with van der Waals surface area (Å²) in [4.78, 5) is 23.0. The number of carbonyl (C=O) groups excluding carboxylic acids is 1. The Hall–Kier alpha value is -2.08. The van der Waals surface area contributed by atoms with E-state index in [1.807, 2.05) is 30.3 Å². The Morgan fingerprint density at radius 2 is 2.04 bits per heavy atom. The molecule has 1 aromatic carbocycles. The van der Waals surface area contributed by atoms with Crippen molar-refractivity contribution in [2.24, 2.45) is 0 Å². The molecule has 6 heteroatoms. The predicted molar refractivity (Wildman–Crippen MR) is 95.5 cm³/mol. The monoisotopic (exact) mass is 348 g/mol. The highest BCUT2D eigenvalue weighted by Gasteiger charge is 2.16. The zero-order valence-electron chi connectivity index (χ0n) is 14.6. The molecule has 0 bridgehead atoms. The molecule has 2 amide bonds. The van der Waals surface area contributed by atoms with Gasteiger partial charge in [-0.15, -0.1) is 0 Å². The van der Waals surface area contributed by atoms with E-state index in [-0.39, 0.29) is 24.6 Å². The molecule has 2 atom stereocenters. The topological polar surface area (TPSA) is 87.7 Å². The van der Waals surface area contributed by atoms with Crippen molar-refractivity contribution in [2.45, 2.75) is 57.1 Å². The van der Waals surface area contributed by atoms with Crippen molar-refractivity contribution in [2.75, 3.05) is 13.2 Å². The van der Waals surface area contributed by atoms with Crippen LogP contribution in [0.4, 0.5) is 4.79 Å². The fraction of sp³-hybridized carbons (Fsp3) is 0.579. The van der Waals surface area contributed by atoms with Gasteiger partial charge in [0.25, 0.3) is 0 Å². The van der Waals surface area contributed by atoms with Crippen LogP contribution in [0, 0.1) is 0 Å². The van der Waals surface area contributed by atoms with Crippen molar-refractivity contribution in [3.63, 3.8) is 0 Å². The summed E-state index contributed by atoms with van der Waals surface area (Å²) >= 11 is 0. The van der Waals surface area contributed by atoms with Gasteiger partial charge < -0.3 is 20.5 Å². The van der Waals surface area contributed by atoms with E-state index in [2.05, 4.69) is 10.6 Å². The molecular weight excluding hydrogens is 320 g/mol. The minimum atomic E-state index is -0.852. The normalized spacial score (nSPS) is 18.3. The van der Waals surface area contributed by atoms with Crippen LogP contribution in [0.15, 0.2) is 30.3 Å². The van der Waals surface area contributed by atoms with Gasteiger partial charge in [-0.3, -0.25) is 4.79 Å². The maximum Gasteiger partial charge on any atom is 0.315 e. The first kappa shape index (κ1) is 19.2. The summed E-state index contributed by atoms with van der Waals surface area (Å²) in [5, 5.41) is 14.7. The molecule has 1 heterocycles. The van der Waals surface area contributed by atoms with E-state index >= 15 is 0 Å². The van der Waals surface area contributed by atoms with Crippen LogP contribution in [0.3, 0.4) is 0 Å².